The molecule has 0 saturated heterocycles. The Kier molecular flexibility index (Phi) is 3.47. The van der Waals surface area contributed by atoms with Crippen LogP contribution in [0.1, 0.15) is 16.7 Å². The number of phenols is 1. The number of hydrogen-bond acceptors (Lipinski definition) is 6. The summed E-state index contributed by atoms with van der Waals surface area (Å²) in [7, 11) is 0. The third-order valence-electron chi connectivity index (χ3n) is 2.53. The van der Waals surface area contributed by atoms with E-state index in [4.69, 9.17) is 5.73 Å². The Morgan fingerprint density at radius 3 is 2.78 bits per heavy atom. The predicted molar refractivity (Wildman–Crippen MR) is 75.3 cm³/mol. The van der Waals surface area contributed by atoms with Crippen molar-refractivity contribution in [3.63, 3.8) is 0 Å². The fourth-order valence-corrected chi connectivity index (χ4v) is 1.97. The lowest BCUT2D eigenvalue weighted by atomic mass is 10.1. The van der Waals surface area contributed by atoms with Crippen molar-refractivity contribution in [1.29, 1.82) is 0 Å². The van der Waals surface area contributed by atoms with Crippen molar-refractivity contribution in [2.45, 2.75) is 13.8 Å². The molecule has 1 aromatic heterocycles. The number of aromatic nitrogens is 1. The number of anilines is 2. The van der Waals surface area contributed by atoms with E-state index in [-0.39, 0.29) is 5.75 Å². The minimum atomic E-state index is 0.210. The number of hydrogen-bond donors (Lipinski definition) is 3. The molecule has 2 rings (SSSR count). The van der Waals surface area contributed by atoms with Gasteiger partial charge in [0, 0.05) is 10.9 Å². The smallest absolute Gasteiger partial charge is 0.205 e. The maximum absolute atomic E-state index is 9.77. The SMILES string of the molecule is Cc1cc(O)c(C=NNc2nc(N)cs2)cc1C. The zero-order chi connectivity index (χ0) is 13.1. The van der Waals surface area contributed by atoms with Gasteiger partial charge < -0.3 is 10.8 Å². The van der Waals surface area contributed by atoms with Crippen LogP contribution in [0.3, 0.4) is 0 Å². The Morgan fingerprint density at radius 1 is 1.39 bits per heavy atom. The second-order valence-corrected chi connectivity index (χ2v) is 4.80. The Morgan fingerprint density at radius 2 is 2.11 bits per heavy atom. The number of nitrogens with zero attached hydrogens (tertiary/aromatic N) is 2. The highest BCUT2D eigenvalue weighted by atomic mass is 32.1. The Hall–Kier alpha value is -2.08. The molecular weight excluding hydrogens is 248 g/mol. The van der Waals surface area contributed by atoms with Gasteiger partial charge >= 0.3 is 0 Å². The minimum absolute atomic E-state index is 0.210. The van der Waals surface area contributed by atoms with Crippen LogP contribution in [0, 0.1) is 13.8 Å². The Balaban J connectivity index is 2.11. The summed E-state index contributed by atoms with van der Waals surface area (Å²) < 4.78 is 0. The van der Waals surface area contributed by atoms with E-state index in [1.165, 1.54) is 11.3 Å². The van der Waals surface area contributed by atoms with Crippen LogP contribution in [-0.2, 0) is 0 Å². The van der Waals surface area contributed by atoms with Crippen LogP contribution in [0.5, 0.6) is 5.75 Å². The molecule has 5 nitrogen and oxygen atoms in total. The molecule has 1 aromatic carbocycles. The van der Waals surface area contributed by atoms with Crippen molar-refractivity contribution in [3.05, 3.63) is 34.2 Å². The molecule has 1 heterocycles. The summed E-state index contributed by atoms with van der Waals surface area (Å²) in [6, 6.07) is 3.60. The van der Waals surface area contributed by atoms with Gasteiger partial charge in [-0.2, -0.15) is 5.10 Å². The molecular formula is C12H14N4OS. The van der Waals surface area contributed by atoms with Gasteiger partial charge in [-0.15, -0.1) is 11.3 Å². The number of aryl methyl sites for hydroxylation is 2. The van der Waals surface area contributed by atoms with Crippen molar-refractivity contribution in [2.24, 2.45) is 5.10 Å². The molecule has 0 fully saturated rings. The molecule has 0 saturated carbocycles. The topological polar surface area (TPSA) is 83.5 Å². The molecule has 2 aromatic rings. The molecule has 0 aliphatic rings. The van der Waals surface area contributed by atoms with E-state index >= 15 is 0 Å². The van der Waals surface area contributed by atoms with E-state index in [2.05, 4.69) is 15.5 Å². The highest BCUT2D eigenvalue weighted by Gasteiger charge is 2.02. The van der Waals surface area contributed by atoms with Crippen molar-refractivity contribution in [3.8, 4) is 5.75 Å². The van der Waals surface area contributed by atoms with Gasteiger partial charge in [0.1, 0.15) is 11.6 Å². The average molecular weight is 262 g/mol. The lowest BCUT2D eigenvalue weighted by molar-refractivity contribution is 0.474. The zero-order valence-electron chi connectivity index (χ0n) is 10.1. The van der Waals surface area contributed by atoms with Gasteiger partial charge in [-0.1, -0.05) is 0 Å². The number of hydrazone groups is 1. The fraction of sp³-hybridized carbons (Fsp3) is 0.167. The summed E-state index contributed by atoms with van der Waals surface area (Å²) in [5.74, 6) is 0.675. The highest BCUT2D eigenvalue weighted by molar-refractivity contribution is 7.14. The molecule has 0 radical (unpaired) electrons. The highest BCUT2D eigenvalue weighted by Crippen LogP contribution is 2.20. The second-order valence-electron chi connectivity index (χ2n) is 3.94. The number of nitrogen functional groups attached to an aromatic ring is 1. The maximum atomic E-state index is 9.77. The number of nitrogens with one attached hydrogen (secondary N) is 1. The van der Waals surface area contributed by atoms with Gasteiger partial charge in [-0.3, -0.25) is 5.43 Å². The quantitative estimate of drug-likeness (QED) is 0.586. The van der Waals surface area contributed by atoms with Gasteiger partial charge in [-0.25, -0.2) is 4.98 Å². The largest absolute Gasteiger partial charge is 0.507 e. The first-order valence-electron chi connectivity index (χ1n) is 5.36. The van der Waals surface area contributed by atoms with E-state index in [1.807, 2.05) is 19.9 Å². The summed E-state index contributed by atoms with van der Waals surface area (Å²) in [4.78, 5) is 4.00. The Labute approximate surface area is 109 Å². The molecule has 0 bridgehead atoms. The van der Waals surface area contributed by atoms with Crippen LogP contribution >= 0.6 is 11.3 Å². The predicted octanol–water partition coefficient (Wildman–Crippen LogP) is 2.49. The molecule has 0 unspecified atom stereocenters. The van der Waals surface area contributed by atoms with Gasteiger partial charge in [-0.05, 0) is 37.1 Å². The van der Waals surface area contributed by atoms with Crippen molar-refractivity contribution < 1.29 is 5.11 Å². The normalized spacial score (nSPS) is 11.0. The maximum Gasteiger partial charge on any atom is 0.205 e. The number of thiazole rings is 1. The lowest BCUT2D eigenvalue weighted by Crippen LogP contribution is -1.93. The summed E-state index contributed by atoms with van der Waals surface area (Å²) in [6.45, 7) is 3.94. The van der Waals surface area contributed by atoms with Crippen LogP contribution in [0.2, 0.25) is 0 Å². The number of aromatic hydroxyl groups is 1. The number of benzene rings is 1. The Bertz CT molecular complexity index is 592. The molecule has 0 atom stereocenters. The molecule has 0 aliphatic carbocycles. The molecule has 6 heteroatoms. The molecule has 18 heavy (non-hydrogen) atoms. The van der Waals surface area contributed by atoms with Crippen molar-refractivity contribution >= 4 is 28.5 Å². The molecule has 4 N–H and O–H groups in total. The first kappa shape index (κ1) is 12.4. The summed E-state index contributed by atoms with van der Waals surface area (Å²) >= 11 is 1.37. The van der Waals surface area contributed by atoms with E-state index in [0.29, 0.717) is 16.5 Å². The number of rotatable bonds is 3. The van der Waals surface area contributed by atoms with Crippen molar-refractivity contribution in [1.82, 2.24) is 4.98 Å². The zero-order valence-corrected chi connectivity index (χ0v) is 11.0. The van der Waals surface area contributed by atoms with E-state index < -0.39 is 0 Å². The van der Waals surface area contributed by atoms with Gasteiger partial charge in [0.15, 0.2) is 0 Å². The van der Waals surface area contributed by atoms with E-state index in [9.17, 15) is 5.11 Å². The van der Waals surface area contributed by atoms with Crippen LogP contribution in [0.4, 0.5) is 10.9 Å². The lowest BCUT2D eigenvalue weighted by Gasteiger charge is -2.04. The summed E-state index contributed by atoms with van der Waals surface area (Å²) in [5, 5.41) is 16.1. The first-order valence-corrected chi connectivity index (χ1v) is 6.24. The van der Waals surface area contributed by atoms with E-state index in [1.54, 1.807) is 17.7 Å². The molecule has 94 valence electrons. The molecule has 0 spiro atoms. The van der Waals surface area contributed by atoms with E-state index in [0.717, 1.165) is 11.1 Å². The monoisotopic (exact) mass is 262 g/mol. The van der Waals surface area contributed by atoms with Gasteiger partial charge in [0.2, 0.25) is 5.13 Å². The third kappa shape index (κ3) is 2.78. The minimum Gasteiger partial charge on any atom is -0.507 e. The average Bonchev–Trinajstić information content (AvgIpc) is 2.71. The van der Waals surface area contributed by atoms with Crippen LogP contribution < -0.4 is 11.2 Å². The van der Waals surface area contributed by atoms with Gasteiger partial charge in [0.25, 0.3) is 0 Å². The first-order chi connectivity index (χ1) is 8.56. The number of nitrogens with two attached hydrogens (primary N) is 1. The summed E-state index contributed by atoms with van der Waals surface area (Å²) in [6.07, 6.45) is 1.55. The number of phenolic OH excluding ortho intramolecular Hbond substituents is 1. The molecule has 0 aliphatic heterocycles. The standard InChI is InChI=1S/C12H14N4OS/c1-7-3-9(10(17)4-8(7)2)5-14-16-12-15-11(13)6-18-12/h3-6,17H,13H2,1-2H3,(H,15,16). The fourth-order valence-electron chi connectivity index (χ4n) is 1.42. The summed E-state index contributed by atoms with van der Waals surface area (Å²) in [5.41, 5.74) is 11.1. The second kappa shape index (κ2) is 5.05. The van der Waals surface area contributed by atoms with Gasteiger partial charge in [0.05, 0.1) is 6.21 Å². The van der Waals surface area contributed by atoms with Crippen LogP contribution in [-0.4, -0.2) is 16.3 Å². The molecule has 0 amide bonds. The van der Waals surface area contributed by atoms with Crippen LogP contribution in [0.15, 0.2) is 22.6 Å². The third-order valence-corrected chi connectivity index (χ3v) is 3.29. The van der Waals surface area contributed by atoms with Crippen molar-refractivity contribution in [2.75, 3.05) is 11.2 Å². The van der Waals surface area contributed by atoms with Crippen LogP contribution in [0.25, 0.3) is 0 Å².